The zero-order chi connectivity index (χ0) is 18.4. The van der Waals surface area contributed by atoms with Crippen LogP contribution in [0.25, 0.3) is 0 Å². The van der Waals surface area contributed by atoms with Gasteiger partial charge >= 0.3 is 6.03 Å². The highest BCUT2D eigenvalue weighted by molar-refractivity contribution is 6.07. The fourth-order valence-corrected chi connectivity index (χ4v) is 3.44. The van der Waals surface area contributed by atoms with Gasteiger partial charge in [0, 0.05) is 0 Å². The van der Waals surface area contributed by atoms with Gasteiger partial charge in [0.15, 0.2) is 0 Å². The molecule has 1 aliphatic heterocycles. The zero-order valence-corrected chi connectivity index (χ0v) is 14.8. The number of halogens is 1. The number of nitrogens with zero attached hydrogens (tertiary/aromatic N) is 1. The molecule has 25 heavy (non-hydrogen) atoms. The molecule has 1 heterocycles. The Kier molecular flexibility index (Phi) is 4.11. The maximum Gasteiger partial charge on any atom is 0.325 e. The lowest BCUT2D eigenvalue weighted by Crippen LogP contribution is -2.40. The Morgan fingerprint density at radius 1 is 1.04 bits per heavy atom. The third kappa shape index (κ3) is 2.90. The van der Waals surface area contributed by atoms with Gasteiger partial charge in [0.25, 0.3) is 5.91 Å². The van der Waals surface area contributed by atoms with E-state index in [0.717, 1.165) is 22.3 Å². The van der Waals surface area contributed by atoms with Crippen LogP contribution in [0.1, 0.15) is 34.7 Å². The van der Waals surface area contributed by atoms with Crippen molar-refractivity contribution in [3.63, 3.8) is 0 Å². The molecule has 1 N–H and O–H groups in total. The maximum atomic E-state index is 13.2. The summed E-state index contributed by atoms with van der Waals surface area (Å²) < 4.78 is 13.2. The van der Waals surface area contributed by atoms with Crippen molar-refractivity contribution >= 4 is 11.9 Å². The number of carbonyl (C=O) groups excluding carboxylic acids is 2. The Morgan fingerprint density at radius 2 is 1.60 bits per heavy atom. The second-order valence-electron chi connectivity index (χ2n) is 6.83. The van der Waals surface area contributed by atoms with E-state index in [4.69, 9.17) is 0 Å². The summed E-state index contributed by atoms with van der Waals surface area (Å²) in [5.41, 5.74) is 3.59. The molecule has 3 rings (SSSR count). The summed E-state index contributed by atoms with van der Waals surface area (Å²) in [6, 6.07) is 9.28. The first-order valence-corrected chi connectivity index (χ1v) is 8.19. The topological polar surface area (TPSA) is 49.4 Å². The summed E-state index contributed by atoms with van der Waals surface area (Å²) in [6.45, 7) is 7.84. The number of carbonyl (C=O) groups is 2. The third-order valence-electron chi connectivity index (χ3n) is 4.85. The lowest BCUT2D eigenvalue weighted by molar-refractivity contribution is -0.131. The number of hydrogen-bond donors (Lipinski definition) is 1. The first-order chi connectivity index (χ1) is 11.7. The van der Waals surface area contributed by atoms with Crippen molar-refractivity contribution in [3.8, 4) is 0 Å². The monoisotopic (exact) mass is 340 g/mol. The van der Waals surface area contributed by atoms with Crippen molar-refractivity contribution in [1.29, 1.82) is 0 Å². The molecule has 0 spiro atoms. The lowest BCUT2D eigenvalue weighted by Gasteiger charge is -2.23. The van der Waals surface area contributed by atoms with E-state index < -0.39 is 11.6 Å². The third-order valence-corrected chi connectivity index (χ3v) is 4.85. The molecular formula is C20H21FN2O2. The molecule has 5 heteroatoms. The van der Waals surface area contributed by atoms with Crippen molar-refractivity contribution < 1.29 is 14.0 Å². The molecule has 0 aliphatic carbocycles. The molecule has 1 atom stereocenters. The number of urea groups is 1. The number of amides is 3. The Labute approximate surface area is 146 Å². The number of benzene rings is 2. The van der Waals surface area contributed by atoms with Gasteiger partial charge in [-0.1, -0.05) is 29.8 Å². The number of imide groups is 1. The summed E-state index contributed by atoms with van der Waals surface area (Å²) in [4.78, 5) is 26.7. The SMILES string of the molecule is Cc1cc(C)c(CN2C(=O)NC(C)(c3ccc(F)cc3)C2=O)c(C)c1. The first kappa shape index (κ1) is 17.1. The van der Waals surface area contributed by atoms with E-state index in [1.54, 1.807) is 6.92 Å². The second kappa shape index (κ2) is 5.99. The number of nitrogens with one attached hydrogen (secondary N) is 1. The van der Waals surface area contributed by atoms with Gasteiger partial charge in [-0.05, 0) is 62.1 Å². The molecule has 3 amide bonds. The second-order valence-corrected chi connectivity index (χ2v) is 6.83. The van der Waals surface area contributed by atoms with Crippen LogP contribution in [-0.4, -0.2) is 16.8 Å². The molecule has 0 aromatic heterocycles. The molecule has 130 valence electrons. The number of aryl methyl sites for hydroxylation is 3. The van der Waals surface area contributed by atoms with Crippen LogP contribution in [0.4, 0.5) is 9.18 Å². The van der Waals surface area contributed by atoms with Gasteiger partial charge in [-0.3, -0.25) is 9.69 Å². The highest BCUT2D eigenvalue weighted by Crippen LogP contribution is 2.31. The van der Waals surface area contributed by atoms with Crippen LogP contribution in [0.5, 0.6) is 0 Å². The van der Waals surface area contributed by atoms with Gasteiger partial charge in [0.2, 0.25) is 0 Å². The highest BCUT2D eigenvalue weighted by Gasteiger charge is 2.49. The number of rotatable bonds is 3. The first-order valence-electron chi connectivity index (χ1n) is 8.19. The van der Waals surface area contributed by atoms with Crippen LogP contribution >= 0.6 is 0 Å². The normalized spacial score (nSPS) is 20.1. The fourth-order valence-electron chi connectivity index (χ4n) is 3.44. The minimum Gasteiger partial charge on any atom is -0.319 e. The summed E-state index contributed by atoms with van der Waals surface area (Å²) in [5.74, 6) is -0.713. The van der Waals surface area contributed by atoms with E-state index >= 15 is 0 Å². The van der Waals surface area contributed by atoms with Crippen molar-refractivity contribution in [2.24, 2.45) is 0 Å². The van der Waals surface area contributed by atoms with Crippen molar-refractivity contribution in [1.82, 2.24) is 10.2 Å². The van der Waals surface area contributed by atoms with E-state index in [0.29, 0.717) is 5.56 Å². The molecule has 0 saturated carbocycles. The van der Waals surface area contributed by atoms with E-state index in [9.17, 15) is 14.0 Å². The fraction of sp³-hybridized carbons (Fsp3) is 0.300. The smallest absolute Gasteiger partial charge is 0.319 e. The largest absolute Gasteiger partial charge is 0.325 e. The predicted octanol–water partition coefficient (Wildman–Crippen LogP) is 3.72. The molecule has 0 bridgehead atoms. The molecule has 2 aromatic carbocycles. The Morgan fingerprint density at radius 3 is 2.16 bits per heavy atom. The van der Waals surface area contributed by atoms with E-state index in [-0.39, 0.29) is 18.3 Å². The van der Waals surface area contributed by atoms with Crippen LogP contribution in [0.15, 0.2) is 36.4 Å². The van der Waals surface area contributed by atoms with Crippen molar-refractivity contribution in [3.05, 3.63) is 70.0 Å². The molecule has 1 fully saturated rings. The molecule has 0 radical (unpaired) electrons. The van der Waals surface area contributed by atoms with Crippen LogP contribution in [0, 0.1) is 26.6 Å². The maximum absolute atomic E-state index is 13.2. The van der Waals surface area contributed by atoms with E-state index in [2.05, 4.69) is 5.32 Å². The standard InChI is InChI=1S/C20H21FN2O2/c1-12-9-13(2)17(14(3)10-12)11-23-18(24)20(4,22-19(23)25)15-5-7-16(21)8-6-15/h5-10H,11H2,1-4H3,(H,22,25). The zero-order valence-electron chi connectivity index (χ0n) is 14.8. The van der Waals surface area contributed by atoms with Crippen LogP contribution < -0.4 is 5.32 Å². The molecule has 1 unspecified atom stereocenters. The van der Waals surface area contributed by atoms with E-state index in [1.807, 2.05) is 32.9 Å². The van der Waals surface area contributed by atoms with Gasteiger partial charge in [-0.2, -0.15) is 0 Å². The van der Waals surface area contributed by atoms with Gasteiger partial charge in [0.1, 0.15) is 11.4 Å². The average molecular weight is 340 g/mol. The molecule has 1 saturated heterocycles. The minimum absolute atomic E-state index is 0.222. The van der Waals surface area contributed by atoms with E-state index in [1.165, 1.54) is 29.2 Å². The predicted molar refractivity (Wildman–Crippen MR) is 93.5 cm³/mol. The van der Waals surface area contributed by atoms with Crippen molar-refractivity contribution in [2.75, 3.05) is 0 Å². The summed E-state index contributed by atoms with van der Waals surface area (Å²) in [7, 11) is 0. The number of hydrogen-bond acceptors (Lipinski definition) is 2. The van der Waals surface area contributed by atoms with Crippen LogP contribution in [0.2, 0.25) is 0 Å². The average Bonchev–Trinajstić information content (AvgIpc) is 2.74. The van der Waals surface area contributed by atoms with Gasteiger partial charge in [-0.15, -0.1) is 0 Å². The lowest BCUT2D eigenvalue weighted by atomic mass is 9.92. The highest BCUT2D eigenvalue weighted by atomic mass is 19.1. The molecule has 1 aliphatic rings. The molecule has 4 nitrogen and oxygen atoms in total. The minimum atomic E-state index is -1.18. The molecule has 2 aromatic rings. The summed E-state index contributed by atoms with van der Waals surface area (Å²) >= 11 is 0. The quantitative estimate of drug-likeness (QED) is 0.866. The Balaban J connectivity index is 1.93. The Bertz CT molecular complexity index is 837. The van der Waals surface area contributed by atoms with Crippen LogP contribution in [-0.2, 0) is 16.9 Å². The Hall–Kier alpha value is -2.69. The van der Waals surface area contributed by atoms with Gasteiger partial charge in [-0.25, -0.2) is 9.18 Å². The molecular weight excluding hydrogens is 319 g/mol. The van der Waals surface area contributed by atoms with Crippen LogP contribution in [0.3, 0.4) is 0 Å². The van der Waals surface area contributed by atoms with Gasteiger partial charge in [0.05, 0.1) is 6.54 Å². The van der Waals surface area contributed by atoms with Gasteiger partial charge < -0.3 is 5.32 Å². The summed E-state index contributed by atoms with van der Waals surface area (Å²) in [6.07, 6.45) is 0. The summed E-state index contributed by atoms with van der Waals surface area (Å²) in [5, 5.41) is 2.75. The van der Waals surface area contributed by atoms with Crippen molar-refractivity contribution in [2.45, 2.75) is 39.8 Å².